The van der Waals surface area contributed by atoms with Crippen LogP contribution < -0.4 is 0 Å². The molecule has 0 aliphatic rings. The van der Waals surface area contributed by atoms with Gasteiger partial charge in [0.1, 0.15) is 0 Å². The van der Waals surface area contributed by atoms with E-state index in [0.717, 1.165) is 10.0 Å². The minimum Gasteiger partial charge on any atom is -0.478 e. The van der Waals surface area contributed by atoms with Gasteiger partial charge in [-0.1, -0.05) is 28.1 Å². The number of carboxylic acids is 1. The summed E-state index contributed by atoms with van der Waals surface area (Å²) in [6, 6.07) is 7.38. The Morgan fingerprint density at radius 1 is 1.25 bits per heavy atom. The van der Waals surface area contributed by atoms with E-state index in [1.165, 1.54) is 12.4 Å². The monoisotopic (exact) mass is 278 g/mol. The molecule has 80 valence electrons. The first kappa shape index (κ1) is 10.8. The molecule has 2 aromatic rings. The summed E-state index contributed by atoms with van der Waals surface area (Å²) >= 11 is 3.34. The third-order valence-corrected chi connectivity index (χ3v) is 2.59. The zero-order chi connectivity index (χ0) is 11.5. The molecule has 0 atom stereocenters. The molecule has 0 amide bonds. The van der Waals surface area contributed by atoms with Crippen LogP contribution in [0.3, 0.4) is 0 Å². The average molecular weight is 279 g/mol. The molecule has 5 heteroatoms. The van der Waals surface area contributed by atoms with Crippen molar-refractivity contribution in [2.24, 2.45) is 0 Å². The smallest absolute Gasteiger partial charge is 0.338 e. The van der Waals surface area contributed by atoms with Crippen LogP contribution >= 0.6 is 15.9 Å². The van der Waals surface area contributed by atoms with Gasteiger partial charge in [0.2, 0.25) is 0 Å². The summed E-state index contributed by atoms with van der Waals surface area (Å²) in [5.74, 6) is -1.01. The van der Waals surface area contributed by atoms with Crippen LogP contribution in [0.2, 0.25) is 0 Å². The van der Waals surface area contributed by atoms with Crippen LogP contribution in [0.5, 0.6) is 0 Å². The molecule has 0 spiro atoms. The van der Waals surface area contributed by atoms with Gasteiger partial charge in [-0.2, -0.15) is 10.2 Å². The van der Waals surface area contributed by atoms with E-state index in [9.17, 15) is 4.79 Å². The van der Waals surface area contributed by atoms with Gasteiger partial charge in [-0.05, 0) is 17.7 Å². The maximum absolute atomic E-state index is 11.0. The average Bonchev–Trinajstić information content (AvgIpc) is 2.29. The molecule has 1 N–H and O–H groups in total. The van der Waals surface area contributed by atoms with Crippen LogP contribution in [-0.4, -0.2) is 21.3 Å². The number of rotatable bonds is 2. The van der Waals surface area contributed by atoms with Gasteiger partial charge >= 0.3 is 5.97 Å². The van der Waals surface area contributed by atoms with E-state index in [1.807, 2.05) is 24.3 Å². The van der Waals surface area contributed by atoms with Gasteiger partial charge in [-0.3, -0.25) is 0 Å². The zero-order valence-corrected chi connectivity index (χ0v) is 9.68. The molecule has 1 aromatic heterocycles. The lowest BCUT2D eigenvalue weighted by molar-refractivity contribution is 0.0697. The van der Waals surface area contributed by atoms with Gasteiger partial charge in [0, 0.05) is 10.0 Å². The summed E-state index contributed by atoms with van der Waals surface area (Å²) in [6.45, 7) is 0. The van der Waals surface area contributed by atoms with Crippen LogP contribution in [0.4, 0.5) is 0 Å². The van der Waals surface area contributed by atoms with Gasteiger partial charge in [0.15, 0.2) is 0 Å². The summed E-state index contributed by atoms with van der Waals surface area (Å²) < 4.78 is 0.887. The number of halogens is 1. The number of aromatic nitrogens is 2. The SMILES string of the molecule is O=C(O)c1cnncc1-c1cccc(Br)c1. The van der Waals surface area contributed by atoms with Crippen molar-refractivity contribution in [2.45, 2.75) is 0 Å². The van der Waals surface area contributed by atoms with Crippen molar-refractivity contribution in [3.05, 3.63) is 46.7 Å². The molecule has 1 heterocycles. The predicted molar refractivity (Wildman–Crippen MR) is 62.1 cm³/mol. The van der Waals surface area contributed by atoms with Crippen LogP contribution in [0.15, 0.2) is 41.1 Å². The van der Waals surface area contributed by atoms with E-state index in [2.05, 4.69) is 26.1 Å². The fourth-order valence-electron chi connectivity index (χ4n) is 1.38. The van der Waals surface area contributed by atoms with E-state index < -0.39 is 5.97 Å². The topological polar surface area (TPSA) is 63.1 Å². The van der Waals surface area contributed by atoms with E-state index in [0.29, 0.717) is 5.56 Å². The molecule has 2 rings (SSSR count). The quantitative estimate of drug-likeness (QED) is 0.917. The fraction of sp³-hybridized carbons (Fsp3) is 0. The maximum atomic E-state index is 11.0. The lowest BCUT2D eigenvalue weighted by atomic mass is 10.0. The van der Waals surface area contributed by atoms with Crippen molar-refractivity contribution in [2.75, 3.05) is 0 Å². The Bertz CT molecular complexity index is 543. The minimum atomic E-state index is -1.01. The number of benzene rings is 1. The van der Waals surface area contributed by atoms with Crippen LogP contribution in [0, 0.1) is 0 Å². The highest BCUT2D eigenvalue weighted by molar-refractivity contribution is 9.10. The molecule has 1 aromatic carbocycles. The predicted octanol–water partition coefficient (Wildman–Crippen LogP) is 2.60. The second-order valence-corrected chi connectivity index (χ2v) is 4.05. The molecule has 0 radical (unpaired) electrons. The first-order valence-electron chi connectivity index (χ1n) is 4.48. The number of aromatic carboxylic acids is 1. The molecule has 0 fully saturated rings. The number of hydrogen-bond donors (Lipinski definition) is 1. The van der Waals surface area contributed by atoms with Crippen LogP contribution in [0.25, 0.3) is 11.1 Å². The Hall–Kier alpha value is -1.75. The van der Waals surface area contributed by atoms with Crippen molar-refractivity contribution in [3.63, 3.8) is 0 Å². The fourth-order valence-corrected chi connectivity index (χ4v) is 1.78. The van der Waals surface area contributed by atoms with Crippen molar-refractivity contribution in [3.8, 4) is 11.1 Å². The molecule has 0 saturated heterocycles. The molecule has 0 aliphatic heterocycles. The molecular formula is C11H7BrN2O2. The molecule has 0 aliphatic carbocycles. The van der Waals surface area contributed by atoms with Gasteiger partial charge in [-0.15, -0.1) is 0 Å². The Morgan fingerprint density at radius 2 is 2.00 bits per heavy atom. The van der Waals surface area contributed by atoms with Crippen LogP contribution in [-0.2, 0) is 0 Å². The Labute approximate surface area is 100 Å². The lowest BCUT2D eigenvalue weighted by Crippen LogP contribution is -2.01. The first-order valence-corrected chi connectivity index (χ1v) is 5.27. The maximum Gasteiger partial charge on any atom is 0.338 e. The summed E-state index contributed by atoms with van der Waals surface area (Å²) in [5.41, 5.74) is 1.50. The van der Waals surface area contributed by atoms with Crippen molar-refractivity contribution in [1.29, 1.82) is 0 Å². The number of carbonyl (C=O) groups is 1. The largest absolute Gasteiger partial charge is 0.478 e. The highest BCUT2D eigenvalue weighted by atomic mass is 79.9. The van der Waals surface area contributed by atoms with Gasteiger partial charge in [0.05, 0.1) is 18.0 Å². The number of hydrogen-bond acceptors (Lipinski definition) is 3. The number of nitrogens with zero attached hydrogens (tertiary/aromatic N) is 2. The Kier molecular flexibility index (Phi) is 2.96. The minimum absolute atomic E-state index is 0.146. The first-order chi connectivity index (χ1) is 7.68. The van der Waals surface area contributed by atoms with Crippen molar-refractivity contribution >= 4 is 21.9 Å². The van der Waals surface area contributed by atoms with E-state index in [4.69, 9.17) is 5.11 Å². The summed E-state index contributed by atoms with van der Waals surface area (Å²) in [6.07, 6.45) is 2.70. The third-order valence-electron chi connectivity index (χ3n) is 2.10. The standard InChI is InChI=1S/C11H7BrN2O2/c12-8-3-1-2-7(4-8)9-5-13-14-6-10(9)11(15)16/h1-6H,(H,15,16). The zero-order valence-electron chi connectivity index (χ0n) is 8.09. The molecular weight excluding hydrogens is 272 g/mol. The second-order valence-electron chi connectivity index (χ2n) is 3.13. The second kappa shape index (κ2) is 4.40. The van der Waals surface area contributed by atoms with E-state index in [-0.39, 0.29) is 5.56 Å². The molecule has 16 heavy (non-hydrogen) atoms. The highest BCUT2D eigenvalue weighted by Gasteiger charge is 2.12. The summed E-state index contributed by atoms with van der Waals surface area (Å²) in [4.78, 5) is 11.0. The summed E-state index contributed by atoms with van der Waals surface area (Å²) in [7, 11) is 0. The molecule has 0 bridgehead atoms. The van der Waals surface area contributed by atoms with E-state index in [1.54, 1.807) is 0 Å². The van der Waals surface area contributed by atoms with Gasteiger partial charge in [0.25, 0.3) is 0 Å². The number of carboxylic acid groups (broad SMARTS) is 1. The van der Waals surface area contributed by atoms with Gasteiger partial charge < -0.3 is 5.11 Å². The highest BCUT2D eigenvalue weighted by Crippen LogP contribution is 2.24. The van der Waals surface area contributed by atoms with Crippen LogP contribution in [0.1, 0.15) is 10.4 Å². The van der Waals surface area contributed by atoms with Crippen molar-refractivity contribution < 1.29 is 9.90 Å². The van der Waals surface area contributed by atoms with Crippen molar-refractivity contribution in [1.82, 2.24) is 10.2 Å². The molecule has 0 unspecified atom stereocenters. The third kappa shape index (κ3) is 2.09. The normalized spacial score (nSPS) is 10.1. The summed E-state index contributed by atoms with van der Waals surface area (Å²) in [5, 5.41) is 16.3. The Morgan fingerprint density at radius 3 is 2.69 bits per heavy atom. The lowest BCUT2D eigenvalue weighted by Gasteiger charge is -2.04. The van der Waals surface area contributed by atoms with Gasteiger partial charge in [-0.25, -0.2) is 4.79 Å². The molecule has 0 saturated carbocycles. The Balaban J connectivity index is 2.60. The molecule has 4 nitrogen and oxygen atoms in total. The van der Waals surface area contributed by atoms with E-state index >= 15 is 0 Å².